The minimum atomic E-state index is -0.933. The average Bonchev–Trinajstić information content (AvgIpc) is 2.21. The molecule has 0 aromatic heterocycles. The number of hydrogen-bond acceptors (Lipinski definition) is 3. The molecule has 0 fully saturated rings. The maximum absolute atomic E-state index is 10.8. The fourth-order valence-corrected chi connectivity index (χ4v) is 2.14. The third kappa shape index (κ3) is 3.34. The minimum absolute atomic E-state index is 0.180. The molecule has 0 aliphatic rings. The van der Waals surface area contributed by atoms with Gasteiger partial charge in [0.2, 0.25) is 0 Å². The number of carboxylic acid groups (broad SMARTS) is 1. The van der Waals surface area contributed by atoms with Crippen molar-refractivity contribution in [3.8, 4) is 5.75 Å². The Bertz CT molecular complexity index is 367. The Balaban J connectivity index is 2.89. The minimum Gasteiger partial charge on any atom is -0.478 e. The zero-order valence-electron chi connectivity index (χ0n) is 9.12. The van der Waals surface area contributed by atoms with Crippen LogP contribution in [0.1, 0.15) is 22.8 Å². The number of carbonyl (C=O) groups is 1. The lowest BCUT2D eigenvalue weighted by Crippen LogP contribution is -2.06. The van der Waals surface area contributed by atoms with Crippen LogP contribution in [0.2, 0.25) is 0 Å². The number of hydrogen-bond donors (Lipinski definition) is 1. The number of halogens is 1. The van der Waals surface area contributed by atoms with Crippen molar-refractivity contribution >= 4 is 28.6 Å². The number of benzene rings is 1. The Labute approximate surface area is 108 Å². The van der Waals surface area contributed by atoms with Crippen molar-refractivity contribution in [2.24, 2.45) is 0 Å². The van der Waals surface area contributed by atoms with Gasteiger partial charge < -0.3 is 14.6 Å². The number of aryl methyl sites for hydroxylation is 1. The first-order chi connectivity index (χ1) is 7.56. The Morgan fingerprint density at radius 1 is 1.50 bits per heavy atom. The predicted octanol–water partition coefficient (Wildman–Crippen LogP) is 2.67. The number of ether oxygens (including phenoxy) is 2. The zero-order chi connectivity index (χ0) is 12.1. The molecule has 16 heavy (non-hydrogen) atoms. The quantitative estimate of drug-likeness (QED) is 0.510. The highest BCUT2D eigenvalue weighted by Crippen LogP contribution is 2.27. The van der Waals surface area contributed by atoms with Gasteiger partial charge in [-0.05, 0) is 54.1 Å². The van der Waals surface area contributed by atoms with E-state index in [9.17, 15) is 4.79 Å². The molecule has 1 aromatic carbocycles. The molecule has 0 atom stereocenters. The molecule has 1 aromatic rings. The Kier molecular flexibility index (Phi) is 5.01. The molecule has 0 radical (unpaired) electrons. The molecule has 0 amide bonds. The van der Waals surface area contributed by atoms with Gasteiger partial charge in [-0.2, -0.15) is 0 Å². The molecular formula is C11H13IO4. The van der Waals surface area contributed by atoms with Crippen molar-refractivity contribution in [3.63, 3.8) is 0 Å². The topological polar surface area (TPSA) is 55.8 Å². The Morgan fingerprint density at radius 2 is 2.19 bits per heavy atom. The van der Waals surface area contributed by atoms with Gasteiger partial charge in [-0.25, -0.2) is 4.79 Å². The van der Waals surface area contributed by atoms with Crippen LogP contribution < -0.4 is 4.74 Å². The van der Waals surface area contributed by atoms with Crippen LogP contribution in [0.4, 0.5) is 0 Å². The van der Waals surface area contributed by atoms with Crippen molar-refractivity contribution in [2.45, 2.75) is 13.8 Å². The van der Waals surface area contributed by atoms with Gasteiger partial charge in [0.1, 0.15) is 5.75 Å². The van der Waals surface area contributed by atoms with E-state index in [1.165, 1.54) is 0 Å². The monoisotopic (exact) mass is 336 g/mol. The van der Waals surface area contributed by atoms with Crippen molar-refractivity contribution < 1.29 is 19.4 Å². The highest BCUT2D eigenvalue weighted by molar-refractivity contribution is 14.1. The van der Waals surface area contributed by atoms with Crippen molar-refractivity contribution in [1.82, 2.24) is 0 Å². The molecular weight excluding hydrogens is 323 g/mol. The fourth-order valence-electron chi connectivity index (χ4n) is 1.22. The summed E-state index contributed by atoms with van der Waals surface area (Å²) >= 11 is 2.05. The second-order valence-electron chi connectivity index (χ2n) is 3.16. The first kappa shape index (κ1) is 13.2. The number of rotatable bonds is 5. The number of aromatic carboxylic acids is 1. The van der Waals surface area contributed by atoms with E-state index in [1.807, 2.05) is 13.8 Å². The molecule has 88 valence electrons. The molecule has 0 aliphatic heterocycles. The van der Waals surface area contributed by atoms with Crippen molar-refractivity contribution in [1.29, 1.82) is 0 Å². The van der Waals surface area contributed by atoms with Gasteiger partial charge in [0.05, 0.1) is 9.13 Å². The predicted molar refractivity (Wildman–Crippen MR) is 68.0 cm³/mol. The van der Waals surface area contributed by atoms with Crippen LogP contribution in [-0.4, -0.2) is 24.5 Å². The van der Waals surface area contributed by atoms with Gasteiger partial charge in [-0.1, -0.05) is 0 Å². The second kappa shape index (κ2) is 6.05. The molecule has 0 saturated carbocycles. The second-order valence-corrected chi connectivity index (χ2v) is 4.33. The van der Waals surface area contributed by atoms with E-state index in [0.717, 1.165) is 9.13 Å². The standard InChI is InChI=1S/C11H13IO4/c1-3-15-6-16-10-7(2)4-8(11(13)14)5-9(10)12/h4-5H,3,6H2,1-2H3,(H,13,14). The molecule has 0 saturated heterocycles. The highest BCUT2D eigenvalue weighted by Gasteiger charge is 2.11. The lowest BCUT2D eigenvalue weighted by Gasteiger charge is -2.11. The normalized spacial score (nSPS) is 10.2. The first-order valence-electron chi connectivity index (χ1n) is 4.80. The average molecular weight is 336 g/mol. The highest BCUT2D eigenvalue weighted by atomic mass is 127. The number of carboxylic acids is 1. The largest absolute Gasteiger partial charge is 0.478 e. The van der Waals surface area contributed by atoms with Gasteiger partial charge in [0.25, 0.3) is 0 Å². The maximum Gasteiger partial charge on any atom is 0.335 e. The van der Waals surface area contributed by atoms with E-state index in [-0.39, 0.29) is 12.4 Å². The molecule has 0 heterocycles. The smallest absolute Gasteiger partial charge is 0.335 e. The summed E-state index contributed by atoms with van der Waals surface area (Å²) in [6, 6.07) is 3.17. The van der Waals surface area contributed by atoms with E-state index in [0.29, 0.717) is 12.4 Å². The summed E-state index contributed by atoms with van der Waals surface area (Å²) in [5.41, 5.74) is 1.06. The van der Waals surface area contributed by atoms with Crippen LogP contribution >= 0.6 is 22.6 Å². The maximum atomic E-state index is 10.8. The lowest BCUT2D eigenvalue weighted by atomic mass is 10.1. The van der Waals surface area contributed by atoms with Crippen LogP contribution in [-0.2, 0) is 4.74 Å². The van der Waals surface area contributed by atoms with Gasteiger partial charge in [0, 0.05) is 6.61 Å². The van der Waals surface area contributed by atoms with Gasteiger partial charge in [-0.15, -0.1) is 0 Å². The van der Waals surface area contributed by atoms with Crippen LogP contribution in [0.3, 0.4) is 0 Å². The summed E-state index contributed by atoms with van der Waals surface area (Å²) in [6.45, 7) is 4.47. The molecule has 1 rings (SSSR count). The molecule has 0 aliphatic carbocycles. The zero-order valence-corrected chi connectivity index (χ0v) is 11.3. The third-order valence-corrected chi connectivity index (χ3v) is 2.77. The van der Waals surface area contributed by atoms with E-state index in [1.54, 1.807) is 12.1 Å². The van der Waals surface area contributed by atoms with Gasteiger partial charge in [0.15, 0.2) is 6.79 Å². The third-order valence-electron chi connectivity index (χ3n) is 1.97. The van der Waals surface area contributed by atoms with E-state index in [4.69, 9.17) is 14.6 Å². The molecule has 4 nitrogen and oxygen atoms in total. The molecule has 0 bridgehead atoms. The Hall–Kier alpha value is -0.820. The van der Waals surface area contributed by atoms with Gasteiger partial charge in [-0.3, -0.25) is 0 Å². The summed E-state index contributed by atoms with van der Waals surface area (Å²) in [5, 5.41) is 8.87. The summed E-state index contributed by atoms with van der Waals surface area (Å²) in [6.07, 6.45) is 0. The summed E-state index contributed by atoms with van der Waals surface area (Å²) in [7, 11) is 0. The lowest BCUT2D eigenvalue weighted by molar-refractivity contribution is 0.0215. The van der Waals surface area contributed by atoms with Crippen LogP contribution in [0.25, 0.3) is 0 Å². The Morgan fingerprint density at radius 3 is 2.69 bits per heavy atom. The molecule has 5 heteroatoms. The van der Waals surface area contributed by atoms with Crippen LogP contribution in [0, 0.1) is 10.5 Å². The van der Waals surface area contributed by atoms with E-state index in [2.05, 4.69) is 22.6 Å². The van der Waals surface area contributed by atoms with E-state index < -0.39 is 5.97 Å². The first-order valence-corrected chi connectivity index (χ1v) is 5.88. The fraction of sp³-hybridized carbons (Fsp3) is 0.364. The summed E-state index contributed by atoms with van der Waals surface area (Å²) in [5.74, 6) is -0.253. The van der Waals surface area contributed by atoms with Gasteiger partial charge >= 0.3 is 5.97 Å². The summed E-state index contributed by atoms with van der Waals surface area (Å²) in [4.78, 5) is 10.8. The SMILES string of the molecule is CCOCOc1c(C)cc(C(=O)O)cc1I. The van der Waals surface area contributed by atoms with Crippen LogP contribution in [0.5, 0.6) is 5.75 Å². The molecule has 0 spiro atoms. The van der Waals surface area contributed by atoms with Crippen LogP contribution in [0.15, 0.2) is 12.1 Å². The van der Waals surface area contributed by atoms with Crippen molar-refractivity contribution in [2.75, 3.05) is 13.4 Å². The van der Waals surface area contributed by atoms with Crippen molar-refractivity contribution in [3.05, 3.63) is 26.8 Å². The molecule has 1 N–H and O–H groups in total. The van der Waals surface area contributed by atoms with E-state index >= 15 is 0 Å². The molecule has 0 unspecified atom stereocenters. The summed E-state index contributed by atoms with van der Waals surface area (Å²) < 4.78 is 11.3.